The van der Waals surface area contributed by atoms with Gasteiger partial charge in [-0.3, -0.25) is 9.69 Å². The molecule has 4 nitrogen and oxygen atoms in total. The van der Waals surface area contributed by atoms with E-state index < -0.39 is 0 Å². The Hall–Kier alpha value is -1.86. The Balaban J connectivity index is 2.12. The molecule has 1 aromatic rings. The van der Waals surface area contributed by atoms with Crippen LogP contribution in [0.25, 0.3) is 0 Å². The number of nitrogens with zero attached hydrogens (tertiary/aromatic N) is 2. The highest BCUT2D eigenvalue weighted by Crippen LogP contribution is 2.16. The molecule has 1 N–H and O–H groups in total. The number of aryl methyl sites for hydroxylation is 1. The number of nitriles is 1. The zero-order valence-corrected chi connectivity index (χ0v) is 11.4. The van der Waals surface area contributed by atoms with Crippen LogP contribution in [0.3, 0.4) is 0 Å². The maximum atomic E-state index is 11.9. The van der Waals surface area contributed by atoms with Gasteiger partial charge in [0.1, 0.15) is 6.04 Å². The number of hydrogen-bond acceptors (Lipinski definition) is 3. The van der Waals surface area contributed by atoms with E-state index in [4.69, 9.17) is 5.26 Å². The summed E-state index contributed by atoms with van der Waals surface area (Å²) in [6.45, 7) is 5.54. The molecule has 1 aromatic carbocycles. The van der Waals surface area contributed by atoms with Crippen molar-refractivity contribution in [2.75, 3.05) is 6.54 Å². The summed E-state index contributed by atoms with van der Waals surface area (Å²) >= 11 is 0. The van der Waals surface area contributed by atoms with E-state index in [1.165, 1.54) is 11.1 Å². The van der Waals surface area contributed by atoms with Gasteiger partial charge in [-0.1, -0.05) is 29.8 Å². The molecule has 100 valence electrons. The van der Waals surface area contributed by atoms with Gasteiger partial charge >= 0.3 is 0 Å². The monoisotopic (exact) mass is 257 g/mol. The standard InChI is InChI=1S/C15H19N3O/c1-11-3-5-13(6-4-11)10-18-9-12(2)17-15(19)14(18)7-8-16/h3-6,12,14H,7,9-10H2,1-2H3,(H,17,19). The van der Waals surface area contributed by atoms with Crippen LogP contribution < -0.4 is 5.32 Å². The van der Waals surface area contributed by atoms with Crippen LogP contribution in [0.4, 0.5) is 0 Å². The van der Waals surface area contributed by atoms with Crippen LogP contribution in [0.1, 0.15) is 24.5 Å². The summed E-state index contributed by atoms with van der Waals surface area (Å²) in [6.07, 6.45) is 0.240. The van der Waals surface area contributed by atoms with E-state index in [0.717, 1.165) is 6.54 Å². The van der Waals surface area contributed by atoms with Crippen LogP contribution >= 0.6 is 0 Å². The van der Waals surface area contributed by atoms with Crippen molar-refractivity contribution in [3.05, 3.63) is 35.4 Å². The van der Waals surface area contributed by atoms with Crippen molar-refractivity contribution in [3.63, 3.8) is 0 Å². The minimum atomic E-state index is -0.331. The minimum Gasteiger partial charge on any atom is -0.351 e. The molecule has 4 heteroatoms. The summed E-state index contributed by atoms with van der Waals surface area (Å²) in [5.74, 6) is -0.0348. The molecule has 0 spiro atoms. The van der Waals surface area contributed by atoms with Gasteiger partial charge in [-0.05, 0) is 19.4 Å². The van der Waals surface area contributed by atoms with Gasteiger partial charge in [0.05, 0.1) is 12.5 Å². The highest BCUT2D eigenvalue weighted by Gasteiger charge is 2.32. The summed E-state index contributed by atoms with van der Waals surface area (Å²) in [5, 5.41) is 11.8. The molecule has 1 aliphatic heterocycles. The summed E-state index contributed by atoms with van der Waals surface area (Å²) in [4.78, 5) is 14.0. The molecule has 2 atom stereocenters. The Kier molecular flexibility index (Phi) is 4.18. The van der Waals surface area contributed by atoms with Gasteiger partial charge in [-0.2, -0.15) is 5.26 Å². The topological polar surface area (TPSA) is 56.1 Å². The average molecular weight is 257 g/mol. The van der Waals surface area contributed by atoms with Gasteiger partial charge in [0.2, 0.25) is 5.91 Å². The number of rotatable bonds is 3. The van der Waals surface area contributed by atoms with Crippen LogP contribution in [0.15, 0.2) is 24.3 Å². The second-order valence-corrected chi connectivity index (χ2v) is 5.20. The third-order valence-corrected chi connectivity index (χ3v) is 3.43. The summed E-state index contributed by atoms with van der Waals surface area (Å²) < 4.78 is 0. The Bertz CT molecular complexity index is 489. The van der Waals surface area contributed by atoms with Gasteiger partial charge in [-0.15, -0.1) is 0 Å². The lowest BCUT2D eigenvalue weighted by Crippen LogP contribution is -2.58. The van der Waals surface area contributed by atoms with E-state index in [9.17, 15) is 4.79 Å². The molecule has 1 aliphatic rings. The second-order valence-electron chi connectivity index (χ2n) is 5.20. The molecule has 0 aliphatic carbocycles. The van der Waals surface area contributed by atoms with Gasteiger partial charge in [0.15, 0.2) is 0 Å². The fourth-order valence-electron chi connectivity index (χ4n) is 2.44. The van der Waals surface area contributed by atoms with Crippen molar-refractivity contribution in [3.8, 4) is 6.07 Å². The first-order valence-electron chi connectivity index (χ1n) is 6.57. The van der Waals surface area contributed by atoms with Gasteiger partial charge in [0, 0.05) is 19.1 Å². The van der Waals surface area contributed by atoms with Gasteiger partial charge in [-0.25, -0.2) is 0 Å². The fourth-order valence-corrected chi connectivity index (χ4v) is 2.44. The van der Waals surface area contributed by atoms with E-state index in [2.05, 4.69) is 47.5 Å². The molecular formula is C15H19N3O. The lowest BCUT2D eigenvalue weighted by molar-refractivity contribution is -0.130. The first kappa shape index (κ1) is 13.6. The zero-order valence-electron chi connectivity index (χ0n) is 11.4. The number of carbonyl (C=O) groups excluding carboxylic acids is 1. The van der Waals surface area contributed by atoms with Crippen LogP contribution in [-0.2, 0) is 11.3 Å². The first-order valence-corrected chi connectivity index (χ1v) is 6.57. The molecule has 19 heavy (non-hydrogen) atoms. The first-order chi connectivity index (χ1) is 9.10. The second kappa shape index (κ2) is 5.85. The molecule has 1 amide bonds. The highest BCUT2D eigenvalue weighted by atomic mass is 16.2. The van der Waals surface area contributed by atoms with Crippen molar-refractivity contribution < 1.29 is 4.79 Å². The fraction of sp³-hybridized carbons (Fsp3) is 0.467. The Morgan fingerprint density at radius 1 is 1.42 bits per heavy atom. The smallest absolute Gasteiger partial charge is 0.238 e. The minimum absolute atomic E-state index is 0.0348. The molecule has 1 fully saturated rings. The molecular weight excluding hydrogens is 238 g/mol. The zero-order chi connectivity index (χ0) is 13.8. The number of benzene rings is 1. The van der Waals surface area contributed by atoms with Gasteiger partial charge in [0.25, 0.3) is 0 Å². The summed E-state index contributed by atoms with van der Waals surface area (Å²) in [7, 11) is 0. The molecule has 1 heterocycles. The quantitative estimate of drug-likeness (QED) is 0.894. The third kappa shape index (κ3) is 3.33. The number of carbonyl (C=O) groups is 1. The molecule has 1 saturated heterocycles. The third-order valence-electron chi connectivity index (χ3n) is 3.43. The van der Waals surface area contributed by atoms with E-state index in [-0.39, 0.29) is 24.4 Å². The number of amides is 1. The predicted octanol–water partition coefficient (Wildman–Crippen LogP) is 1.60. The van der Waals surface area contributed by atoms with E-state index in [0.29, 0.717) is 6.54 Å². The number of hydrogen-bond donors (Lipinski definition) is 1. The Labute approximate surface area is 114 Å². The van der Waals surface area contributed by atoms with Crippen molar-refractivity contribution >= 4 is 5.91 Å². The largest absolute Gasteiger partial charge is 0.351 e. The van der Waals surface area contributed by atoms with E-state index in [1.807, 2.05) is 6.92 Å². The van der Waals surface area contributed by atoms with Crippen LogP contribution in [-0.4, -0.2) is 29.4 Å². The maximum absolute atomic E-state index is 11.9. The van der Waals surface area contributed by atoms with E-state index >= 15 is 0 Å². The van der Waals surface area contributed by atoms with Crippen LogP contribution in [0.2, 0.25) is 0 Å². The molecule has 2 rings (SSSR count). The predicted molar refractivity (Wildman–Crippen MR) is 73.2 cm³/mol. The Morgan fingerprint density at radius 3 is 2.74 bits per heavy atom. The summed E-state index contributed by atoms with van der Waals surface area (Å²) in [5.41, 5.74) is 2.40. The number of nitrogens with one attached hydrogen (secondary N) is 1. The maximum Gasteiger partial charge on any atom is 0.238 e. The van der Waals surface area contributed by atoms with Crippen LogP contribution in [0, 0.1) is 18.3 Å². The normalized spacial score (nSPS) is 23.7. The highest BCUT2D eigenvalue weighted by molar-refractivity contribution is 5.83. The molecule has 0 aromatic heterocycles. The molecule has 0 radical (unpaired) electrons. The molecule has 0 bridgehead atoms. The van der Waals surface area contributed by atoms with E-state index in [1.54, 1.807) is 0 Å². The number of piperazine rings is 1. The Morgan fingerprint density at radius 2 is 2.11 bits per heavy atom. The average Bonchev–Trinajstić information content (AvgIpc) is 2.36. The van der Waals surface area contributed by atoms with Crippen LogP contribution in [0.5, 0.6) is 0 Å². The van der Waals surface area contributed by atoms with Crippen molar-refractivity contribution in [1.29, 1.82) is 5.26 Å². The van der Waals surface area contributed by atoms with Crippen molar-refractivity contribution in [2.45, 2.75) is 38.9 Å². The van der Waals surface area contributed by atoms with Crippen molar-refractivity contribution in [2.24, 2.45) is 0 Å². The lowest BCUT2D eigenvalue weighted by atomic mass is 10.0. The lowest BCUT2D eigenvalue weighted by Gasteiger charge is -2.37. The van der Waals surface area contributed by atoms with Gasteiger partial charge < -0.3 is 5.32 Å². The molecule has 2 unspecified atom stereocenters. The van der Waals surface area contributed by atoms with Crippen molar-refractivity contribution in [1.82, 2.24) is 10.2 Å². The SMILES string of the molecule is Cc1ccc(CN2CC(C)NC(=O)C2CC#N)cc1. The summed E-state index contributed by atoms with van der Waals surface area (Å²) in [6, 6.07) is 10.2. The molecule has 0 saturated carbocycles.